The molecule has 1 atom stereocenters. The SMILES string of the molecule is Cc1cnccc1NC(=O)N1CCC[C@H](C(=O)OC(C)(C)C)C1. The maximum absolute atomic E-state index is 12.4. The third kappa shape index (κ3) is 4.94. The number of carbonyl (C=O) groups excluding carboxylic acids is 2. The Hall–Kier alpha value is -2.11. The fraction of sp³-hybridized carbons (Fsp3) is 0.588. The van der Waals surface area contributed by atoms with Gasteiger partial charge in [-0.1, -0.05) is 0 Å². The molecule has 1 fully saturated rings. The number of ether oxygens (including phenoxy) is 1. The quantitative estimate of drug-likeness (QED) is 0.851. The number of pyridine rings is 1. The molecule has 6 nitrogen and oxygen atoms in total. The number of hydrogen-bond acceptors (Lipinski definition) is 4. The van der Waals surface area contributed by atoms with Gasteiger partial charge < -0.3 is 15.0 Å². The monoisotopic (exact) mass is 319 g/mol. The molecule has 6 heteroatoms. The molecule has 0 aromatic carbocycles. The summed E-state index contributed by atoms with van der Waals surface area (Å²) in [5.74, 6) is -0.484. The summed E-state index contributed by atoms with van der Waals surface area (Å²) in [5.41, 5.74) is 1.14. The number of anilines is 1. The van der Waals surface area contributed by atoms with E-state index >= 15 is 0 Å². The number of nitrogens with zero attached hydrogens (tertiary/aromatic N) is 2. The summed E-state index contributed by atoms with van der Waals surface area (Å²) in [6.45, 7) is 8.49. The number of rotatable bonds is 2. The van der Waals surface area contributed by atoms with Gasteiger partial charge in [0.05, 0.1) is 5.92 Å². The van der Waals surface area contributed by atoms with Gasteiger partial charge in [0.25, 0.3) is 0 Å². The first-order valence-corrected chi connectivity index (χ1v) is 7.95. The molecule has 1 saturated heterocycles. The highest BCUT2D eigenvalue weighted by Crippen LogP contribution is 2.22. The second-order valence-electron chi connectivity index (χ2n) is 6.94. The van der Waals surface area contributed by atoms with Crippen molar-refractivity contribution >= 4 is 17.7 Å². The van der Waals surface area contributed by atoms with E-state index in [-0.39, 0.29) is 17.9 Å². The standard InChI is InChI=1S/C17H25N3O3/c1-12-10-18-8-7-14(12)19-16(22)20-9-5-6-13(11-20)15(21)23-17(2,3)4/h7-8,10,13H,5-6,9,11H2,1-4H3,(H,18,19,22)/t13-/m0/s1. The van der Waals surface area contributed by atoms with Crippen molar-refractivity contribution < 1.29 is 14.3 Å². The van der Waals surface area contributed by atoms with Crippen LogP contribution in [0, 0.1) is 12.8 Å². The summed E-state index contributed by atoms with van der Waals surface area (Å²) in [4.78, 5) is 30.3. The Morgan fingerprint density at radius 1 is 1.39 bits per heavy atom. The van der Waals surface area contributed by atoms with Gasteiger partial charge in [0.15, 0.2) is 0 Å². The largest absolute Gasteiger partial charge is 0.460 e. The van der Waals surface area contributed by atoms with E-state index in [1.807, 2.05) is 27.7 Å². The molecule has 0 aliphatic carbocycles. The molecule has 0 saturated carbocycles. The van der Waals surface area contributed by atoms with E-state index in [1.165, 1.54) is 0 Å². The Labute approximate surface area is 137 Å². The first-order valence-electron chi connectivity index (χ1n) is 7.95. The van der Waals surface area contributed by atoms with Gasteiger partial charge in [0, 0.05) is 31.2 Å². The summed E-state index contributed by atoms with van der Waals surface area (Å²) < 4.78 is 5.44. The van der Waals surface area contributed by atoms with E-state index in [0.29, 0.717) is 13.1 Å². The smallest absolute Gasteiger partial charge is 0.321 e. The van der Waals surface area contributed by atoms with Crippen LogP contribution in [-0.2, 0) is 9.53 Å². The van der Waals surface area contributed by atoms with Crippen LogP contribution in [0.25, 0.3) is 0 Å². The molecule has 1 aliphatic heterocycles. The molecule has 0 radical (unpaired) electrons. The Morgan fingerprint density at radius 3 is 2.78 bits per heavy atom. The molecule has 1 aliphatic rings. The van der Waals surface area contributed by atoms with Crippen molar-refractivity contribution in [3.05, 3.63) is 24.0 Å². The van der Waals surface area contributed by atoms with Crippen molar-refractivity contribution in [3.63, 3.8) is 0 Å². The van der Waals surface area contributed by atoms with E-state index in [0.717, 1.165) is 24.1 Å². The van der Waals surface area contributed by atoms with Gasteiger partial charge in [0.1, 0.15) is 5.60 Å². The number of likely N-dealkylation sites (tertiary alicyclic amines) is 1. The number of piperidine rings is 1. The molecule has 1 aromatic heterocycles. The van der Waals surface area contributed by atoms with Crippen LogP contribution >= 0.6 is 0 Å². The molecule has 1 N–H and O–H groups in total. The van der Waals surface area contributed by atoms with Crippen LogP contribution in [0.1, 0.15) is 39.2 Å². The zero-order chi connectivity index (χ0) is 17.0. The van der Waals surface area contributed by atoms with Gasteiger partial charge in [-0.2, -0.15) is 0 Å². The summed E-state index contributed by atoms with van der Waals surface area (Å²) in [7, 11) is 0. The van der Waals surface area contributed by atoms with E-state index in [4.69, 9.17) is 4.74 Å². The number of urea groups is 1. The second kappa shape index (κ2) is 6.98. The first-order chi connectivity index (χ1) is 10.8. The van der Waals surface area contributed by atoms with E-state index < -0.39 is 5.60 Å². The number of hydrogen-bond donors (Lipinski definition) is 1. The van der Waals surface area contributed by atoms with E-state index in [9.17, 15) is 9.59 Å². The average molecular weight is 319 g/mol. The lowest BCUT2D eigenvalue weighted by Gasteiger charge is -2.33. The van der Waals surface area contributed by atoms with Crippen molar-refractivity contribution in [1.82, 2.24) is 9.88 Å². The summed E-state index contributed by atoms with van der Waals surface area (Å²) in [6.07, 6.45) is 4.90. The van der Waals surface area contributed by atoms with Crippen LogP contribution in [0.5, 0.6) is 0 Å². The molecule has 2 rings (SSSR count). The van der Waals surface area contributed by atoms with Crippen LogP contribution in [0.4, 0.5) is 10.5 Å². The number of amides is 2. The minimum absolute atomic E-state index is 0.187. The van der Waals surface area contributed by atoms with Crippen LogP contribution in [0.15, 0.2) is 18.5 Å². The number of aryl methyl sites for hydroxylation is 1. The highest BCUT2D eigenvalue weighted by Gasteiger charge is 2.31. The lowest BCUT2D eigenvalue weighted by atomic mass is 9.98. The predicted octanol–water partition coefficient (Wildman–Crippen LogP) is 2.98. The van der Waals surface area contributed by atoms with Crippen molar-refractivity contribution in [2.24, 2.45) is 5.92 Å². The Kier molecular flexibility index (Phi) is 5.23. The van der Waals surface area contributed by atoms with Crippen LogP contribution < -0.4 is 5.32 Å². The van der Waals surface area contributed by atoms with Crippen molar-refractivity contribution in [3.8, 4) is 0 Å². The molecular weight excluding hydrogens is 294 g/mol. The zero-order valence-corrected chi connectivity index (χ0v) is 14.3. The minimum atomic E-state index is -0.504. The molecule has 2 heterocycles. The Balaban J connectivity index is 1.96. The minimum Gasteiger partial charge on any atom is -0.460 e. The summed E-state index contributed by atoms with van der Waals surface area (Å²) >= 11 is 0. The van der Waals surface area contributed by atoms with Gasteiger partial charge in [-0.05, 0) is 52.2 Å². The summed E-state index contributed by atoms with van der Waals surface area (Å²) in [6, 6.07) is 1.58. The maximum atomic E-state index is 12.4. The van der Waals surface area contributed by atoms with E-state index in [1.54, 1.807) is 23.4 Å². The number of aromatic nitrogens is 1. The van der Waals surface area contributed by atoms with Crippen molar-refractivity contribution in [2.75, 3.05) is 18.4 Å². The third-order valence-corrected chi connectivity index (χ3v) is 3.71. The highest BCUT2D eigenvalue weighted by molar-refractivity contribution is 5.90. The molecule has 2 amide bonds. The molecule has 0 unspecified atom stereocenters. The first kappa shape index (κ1) is 17.2. The van der Waals surface area contributed by atoms with Crippen molar-refractivity contribution in [1.29, 1.82) is 0 Å². The zero-order valence-electron chi connectivity index (χ0n) is 14.3. The third-order valence-electron chi connectivity index (χ3n) is 3.71. The molecule has 23 heavy (non-hydrogen) atoms. The fourth-order valence-corrected chi connectivity index (χ4v) is 2.55. The normalized spacial score (nSPS) is 18.4. The maximum Gasteiger partial charge on any atom is 0.321 e. The lowest BCUT2D eigenvalue weighted by molar-refractivity contribution is -0.161. The average Bonchev–Trinajstić information content (AvgIpc) is 2.48. The molecule has 0 spiro atoms. The molecular formula is C17H25N3O3. The predicted molar refractivity (Wildman–Crippen MR) is 88.1 cm³/mol. The van der Waals surface area contributed by atoms with E-state index in [2.05, 4.69) is 10.3 Å². The Morgan fingerprint density at radius 2 is 2.13 bits per heavy atom. The molecule has 126 valence electrons. The number of esters is 1. The topological polar surface area (TPSA) is 71.5 Å². The fourth-order valence-electron chi connectivity index (χ4n) is 2.55. The molecule has 0 bridgehead atoms. The van der Waals surface area contributed by atoms with Crippen molar-refractivity contribution in [2.45, 2.75) is 46.1 Å². The highest BCUT2D eigenvalue weighted by atomic mass is 16.6. The second-order valence-corrected chi connectivity index (χ2v) is 6.94. The van der Waals surface area contributed by atoms with Crippen LogP contribution in [0.3, 0.4) is 0 Å². The van der Waals surface area contributed by atoms with Gasteiger partial charge in [-0.15, -0.1) is 0 Å². The van der Waals surface area contributed by atoms with Gasteiger partial charge >= 0.3 is 12.0 Å². The van der Waals surface area contributed by atoms with Crippen LogP contribution in [-0.4, -0.2) is 40.6 Å². The molecule has 1 aromatic rings. The van der Waals surface area contributed by atoms with Crippen LogP contribution in [0.2, 0.25) is 0 Å². The number of carbonyl (C=O) groups is 2. The number of nitrogens with one attached hydrogen (secondary N) is 1. The summed E-state index contributed by atoms with van der Waals surface area (Å²) in [5, 5.41) is 2.88. The van der Waals surface area contributed by atoms with Gasteiger partial charge in [-0.3, -0.25) is 9.78 Å². The Bertz CT molecular complexity index is 581. The van der Waals surface area contributed by atoms with Gasteiger partial charge in [0.2, 0.25) is 0 Å². The van der Waals surface area contributed by atoms with Gasteiger partial charge in [-0.25, -0.2) is 4.79 Å². The lowest BCUT2D eigenvalue weighted by Crippen LogP contribution is -2.45.